The lowest BCUT2D eigenvalue weighted by Gasteiger charge is -2.43. The molecule has 0 N–H and O–H groups in total. The Labute approximate surface area is 125 Å². The van der Waals surface area contributed by atoms with Gasteiger partial charge in [0.1, 0.15) is 12.0 Å². The summed E-state index contributed by atoms with van der Waals surface area (Å²) >= 11 is 0. The Hall–Kier alpha value is -1.32. The standard InChI is InChI=1S/C17H24O4/c1-10-6-5-7-12-13(14(18)20-4)17(9-16(10,12)3)11(2)8-21-15(17)19/h10,12-13H,2,5-9H2,1,3-4H3/t10-,12+,13-,16+,17+/m0/s1. The van der Waals surface area contributed by atoms with Crippen molar-refractivity contribution in [2.75, 3.05) is 13.7 Å². The minimum atomic E-state index is -0.856. The van der Waals surface area contributed by atoms with E-state index < -0.39 is 11.3 Å². The third-order valence-corrected chi connectivity index (χ3v) is 6.55. The van der Waals surface area contributed by atoms with Crippen LogP contribution in [0.3, 0.4) is 0 Å². The van der Waals surface area contributed by atoms with Crippen molar-refractivity contribution in [3.63, 3.8) is 0 Å². The van der Waals surface area contributed by atoms with Gasteiger partial charge in [-0.25, -0.2) is 0 Å². The van der Waals surface area contributed by atoms with Gasteiger partial charge in [0, 0.05) is 0 Å². The molecular formula is C17H24O4. The Morgan fingerprint density at radius 1 is 1.43 bits per heavy atom. The number of carbonyl (C=O) groups excluding carboxylic acids is 2. The number of hydrogen-bond donors (Lipinski definition) is 0. The molecule has 1 aliphatic heterocycles. The number of esters is 2. The third-order valence-electron chi connectivity index (χ3n) is 6.55. The van der Waals surface area contributed by atoms with Gasteiger partial charge < -0.3 is 9.47 Å². The second kappa shape index (κ2) is 4.59. The molecule has 3 aliphatic rings. The SMILES string of the molecule is C=C1COC(=O)[C@]12C[C@@]1(C)[C@H](CCC[C@@H]1C)[C@H]2C(=O)OC. The molecule has 2 saturated carbocycles. The van der Waals surface area contributed by atoms with Gasteiger partial charge >= 0.3 is 11.9 Å². The lowest BCUT2D eigenvalue weighted by atomic mass is 9.62. The van der Waals surface area contributed by atoms with Gasteiger partial charge in [0.05, 0.1) is 13.0 Å². The number of rotatable bonds is 1. The van der Waals surface area contributed by atoms with Gasteiger partial charge in [-0.1, -0.05) is 33.3 Å². The maximum atomic E-state index is 12.5. The van der Waals surface area contributed by atoms with E-state index in [4.69, 9.17) is 9.47 Å². The molecule has 0 amide bonds. The maximum Gasteiger partial charge on any atom is 0.317 e. The van der Waals surface area contributed by atoms with Crippen LogP contribution in [-0.2, 0) is 19.1 Å². The number of fused-ring (bicyclic) bond motifs is 1. The summed E-state index contributed by atoms with van der Waals surface area (Å²) in [6.07, 6.45) is 3.90. The van der Waals surface area contributed by atoms with E-state index in [0.29, 0.717) is 12.3 Å². The Morgan fingerprint density at radius 3 is 2.71 bits per heavy atom. The summed E-state index contributed by atoms with van der Waals surface area (Å²) in [5, 5.41) is 0. The number of carbonyl (C=O) groups is 2. The van der Waals surface area contributed by atoms with Gasteiger partial charge in [0.2, 0.25) is 0 Å². The molecule has 4 heteroatoms. The molecule has 4 nitrogen and oxygen atoms in total. The van der Waals surface area contributed by atoms with Crippen molar-refractivity contribution in [3.05, 3.63) is 12.2 Å². The van der Waals surface area contributed by atoms with Crippen molar-refractivity contribution < 1.29 is 19.1 Å². The molecule has 5 atom stereocenters. The van der Waals surface area contributed by atoms with Crippen LogP contribution in [-0.4, -0.2) is 25.7 Å². The van der Waals surface area contributed by atoms with Gasteiger partial charge in [-0.2, -0.15) is 0 Å². The average Bonchev–Trinajstić information content (AvgIpc) is 2.90. The fraction of sp³-hybridized carbons (Fsp3) is 0.765. The Bertz CT molecular complexity index is 493. The molecule has 21 heavy (non-hydrogen) atoms. The highest BCUT2D eigenvalue weighted by molar-refractivity contribution is 5.91. The predicted octanol–water partition coefficient (Wildman–Crippen LogP) is 2.72. The molecule has 0 aromatic carbocycles. The highest BCUT2D eigenvalue weighted by atomic mass is 16.5. The zero-order valence-corrected chi connectivity index (χ0v) is 13.1. The number of ether oxygens (including phenoxy) is 2. The van der Waals surface area contributed by atoms with Crippen molar-refractivity contribution in [2.45, 2.75) is 39.5 Å². The molecule has 3 rings (SSSR count). The fourth-order valence-electron chi connectivity index (χ4n) is 5.17. The molecule has 1 heterocycles. The van der Waals surface area contributed by atoms with Gasteiger partial charge in [-0.3, -0.25) is 9.59 Å². The molecule has 2 aliphatic carbocycles. The number of methoxy groups -OCH3 is 1. The summed E-state index contributed by atoms with van der Waals surface area (Å²) in [5.41, 5.74) is -0.125. The molecule has 116 valence electrons. The second-order valence-corrected chi connectivity index (χ2v) is 7.27. The fourth-order valence-corrected chi connectivity index (χ4v) is 5.17. The van der Waals surface area contributed by atoms with Crippen LogP contribution in [0.1, 0.15) is 39.5 Å². The van der Waals surface area contributed by atoms with E-state index in [2.05, 4.69) is 20.4 Å². The zero-order valence-electron chi connectivity index (χ0n) is 13.1. The van der Waals surface area contributed by atoms with Crippen molar-refractivity contribution >= 4 is 11.9 Å². The van der Waals surface area contributed by atoms with Gasteiger partial charge in [0.15, 0.2) is 0 Å². The van der Waals surface area contributed by atoms with Crippen molar-refractivity contribution in [3.8, 4) is 0 Å². The molecule has 1 spiro atoms. The van der Waals surface area contributed by atoms with Crippen molar-refractivity contribution in [1.29, 1.82) is 0 Å². The average molecular weight is 292 g/mol. The monoisotopic (exact) mass is 292 g/mol. The lowest BCUT2D eigenvalue weighted by molar-refractivity contribution is -0.159. The molecule has 0 radical (unpaired) electrons. The molecule has 1 saturated heterocycles. The summed E-state index contributed by atoms with van der Waals surface area (Å²) in [6, 6.07) is 0. The number of hydrogen-bond acceptors (Lipinski definition) is 4. The first kappa shape index (κ1) is 14.6. The summed E-state index contributed by atoms with van der Waals surface area (Å²) in [7, 11) is 1.40. The zero-order chi connectivity index (χ0) is 15.4. The van der Waals surface area contributed by atoms with E-state index >= 15 is 0 Å². The molecule has 3 fully saturated rings. The largest absolute Gasteiger partial charge is 0.469 e. The third kappa shape index (κ3) is 1.68. The lowest BCUT2D eigenvalue weighted by Crippen LogP contribution is -2.41. The van der Waals surface area contributed by atoms with Crippen LogP contribution in [0.25, 0.3) is 0 Å². The summed E-state index contributed by atoms with van der Waals surface area (Å²) in [4.78, 5) is 25.0. The highest BCUT2D eigenvalue weighted by Crippen LogP contribution is 2.67. The van der Waals surface area contributed by atoms with E-state index in [0.717, 1.165) is 24.8 Å². The summed E-state index contributed by atoms with van der Waals surface area (Å²) in [5.74, 6) is -0.318. The highest BCUT2D eigenvalue weighted by Gasteiger charge is 2.70. The van der Waals surface area contributed by atoms with E-state index in [1.807, 2.05) is 0 Å². The Balaban J connectivity index is 2.14. The van der Waals surface area contributed by atoms with Crippen LogP contribution < -0.4 is 0 Å². The quantitative estimate of drug-likeness (QED) is 0.551. The van der Waals surface area contributed by atoms with Crippen LogP contribution in [0.2, 0.25) is 0 Å². The van der Waals surface area contributed by atoms with Crippen LogP contribution in [0.5, 0.6) is 0 Å². The Kier molecular flexibility index (Phi) is 3.19. The minimum Gasteiger partial charge on any atom is -0.469 e. The predicted molar refractivity (Wildman–Crippen MR) is 77.3 cm³/mol. The maximum absolute atomic E-state index is 12.5. The Morgan fingerprint density at radius 2 is 2.14 bits per heavy atom. The first-order valence-corrected chi connectivity index (χ1v) is 7.81. The van der Waals surface area contributed by atoms with E-state index in [9.17, 15) is 9.59 Å². The number of cyclic esters (lactones) is 1. The molecule has 0 aromatic heterocycles. The van der Waals surface area contributed by atoms with Crippen molar-refractivity contribution in [1.82, 2.24) is 0 Å². The molecular weight excluding hydrogens is 268 g/mol. The van der Waals surface area contributed by atoms with Gasteiger partial charge in [-0.05, 0) is 35.7 Å². The van der Waals surface area contributed by atoms with E-state index in [1.54, 1.807) is 0 Å². The second-order valence-electron chi connectivity index (χ2n) is 7.27. The smallest absolute Gasteiger partial charge is 0.317 e. The minimum absolute atomic E-state index is 0.0244. The van der Waals surface area contributed by atoms with Crippen LogP contribution in [0, 0.1) is 28.6 Å². The molecule has 0 bridgehead atoms. The van der Waals surface area contributed by atoms with E-state index in [1.165, 1.54) is 7.11 Å². The summed E-state index contributed by atoms with van der Waals surface area (Å²) < 4.78 is 10.3. The van der Waals surface area contributed by atoms with Gasteiger partial charge in [0.25, 0.3) is 0 Å². The first-order valence-electron chi connectivity index (χ1n) is 7.81. The van der Waals surface area contributed by atoms with Crippen LogP contribution in [0.15, 0.2) is 12.2 Å². The van der Waals surface area contributed by atoms with Crippen LogP contribution in [0.4, 0.5) is 0 Å². The molecule has 0 aromatic rings. The molecule has 0 unspecified atom stereocenters. The topological polar surface area (TPSA) is 52.6 Å². The first-order chi connectivity index (χ1) is 9.87. The van der Waals surface area contributed by atoms with E-state index in [-0.39, 0.29) is 29.9 Å². The summed E-state index contributed by atoms with van der Waals surface area (Å²) in [6.45, 7) is 8.77. The van der Waals surface area contributed by atoms with Crippen molar-refractivity contribution in [2.24, 2.45) is 28.6 Å². The van der Waals surface area contributed by atoms with Crippen LogP contribution >= 0.6 is 0 Å². The van der Waals surface area contributed by atoms with Gasteiger partial charge in [-0.15, -0.1) is 0 Å². The normalized spacial score (nSPS) is 45.6.